The van der Waals surface area contributed by atoms with Crippen LogP contribution in [0.5, 0.6) is 0 Å². The Morgan fingerprint density at radius 2 is 1.68 bits per heavy atom. The van der Waals surface area contributed by atoms with E-state index in [9.17, 15) is 13.2 Å². The zero-order chi connectivity index (χ0) is 14.0. The SMILES string of the molecule is NC(CCC(F)(F)F)c1ccc(Cl)c2ccccc12. The van der Waals surface area contributed by atoms with Gasteiger partial charge in [0.1, 0.15) is 0 Å². The third kappa shape index (κ3) is 3.39. The number of hydrogen-bond acceptors (Lipinski definition) is 1. The summed E-state index contributed by atoms with van der Waals surface area (Å²) in [5, 5.41) is 2.19. The molecule has 1 atom stereocenters. The van der Waals surface area contributed by atoms with E-state index in [1.807, 2.05) is 24.3 Å². The maximum absolute atomic E-state index is 12.2. The van der Waals surface area contributed by atoms with E-state index in [0.29, 0.717) is 10.6 Å². The van der Waals surface area contributed by atoms with E-state index in [0.717, 1.165) is 10.8 Å². The second kappa shape index (κ2) is 5.39. The summed E-state index contributed by atoms with van der Waals surface area (Å²) in [6, 6.07) is 10.0. The number of hydrogen-bond donors (Lipinski definition) is 1. The second-order valence-electron chi connectivity index (χ2n) is 4.44. The van der Waals surface area contributed by atoms with Gasteiger partial charge in [0.25, 0.3) is 0 Å². The molecule has 2 aromatic carbocycles. The Bertz CT molecular complexity index is 580. The van der Waals surface area contributed by atoms with Gasteiger partial charge in [0.15, 0.2) is 0 Å². The maximum atomic E-state index is 12.2. The zero-order valence-electron chi connectivity index (χ0n) is 10.0. The van der Waals surface area contributed by atoms with Crippen molar-refractivity contribution >= 4 is 22.4 Å². The molecule has 0 fully saturated rings. The molecule has 2 N–H and O–H groups in total. The molecule has 102 valence electrons. The highest BCUT2D eigenvalue weighted by Crippen LogP contribution is 2.32. The first-order valence-corrected chi connectivity index (χ1v) is 6.26. The molecule has 0 aliphatic rings. The van der Waals surface area contributed by atoms with Crippen molar-refractivity contribution in [2.24, 2.45) is 5.73 Å². The second-order valence-corrected chi connectivity index (χ2v) is 4.85. The lowest BCUT2D eigenvalue weighted by molar-refractivity contribution is -0.136. The largest absolute Gasteiger partial charge is 0.389 e. The van der Waals surface area contributed by atoms with Gasteiger partial charge >= 0.3 is 6.18 Å². The molecule has 0 saturated heterocycles. The van der Waals surface area contributed by atoms with Crippen molar-refractivity contribution in [2.75, 3.05) is 0 Å². The van der Waals surface area contributed by atoms with Gasteiger partial charge in [-0.3, -0.25) is 0 Å². The van der Waals surface area contributed by atoms with Crippen LogP contribution < -0.4 is 5.73 Å². The first-order chi connectivity index (χ1) is 8.88. The summed E-state index contributed by atoms with van der Waals surface area (Å²) < 4.78 is 36.7. The van der Waals surface area contributed by atoms with Gasteiger partial charge in [0.05, 0.1) is 0 Å². The van der Waals surface area contributed by atoms with Crippen LogP contribution in [-0.4, -0.2) is 6.18 Å². The van der Waals surface area contributed by atoms with E-state index >= 15 is 0 Å². The summed E-state index contributed by atoms with van der Waals surface area (Å²) >= 11 is 6.06. The van der Waals surface area contributed by atoms with Crippen LogP contribution in [0.15, 0.2) is 36.4 Å². The average molecular weight is 288 g/mol. The quantitative estimate of drug-likeness (QED) is 0.859. The first-order valence-electron chi connectivity index (χ1n) is 5.88. The standard InChI is InChI=1S/C14H13ClF3N/c15-12-6-5-11(9-3-1-2-4-10(9)12)13(19)7-8-14(16,17)18/h1-6,13H,7-8,19H2. The Kier molecular flexibility index (Phi) is 4.02. The van der Waals surface area contributed by atoms with Crippen molar-refractivity contribution in [1.29, 1.82) is 0 Å². The fourth-order valence-corrected chi connectivity index (χ4v) is 2.31. The number of fused-ring (bicyclic) bond motifs is 1. The van der Waals surface area contributed by atoms with Gasteiger partial charge in [-0.2, -0.15) is 13.2 Å². The Balaban J connectivity index is 2.32. The molecule has 0 spiro atoms. The summed E-state index contributed by atoms with van der Waals surface area (Å²) in [4.78, 5) is 0. The Morgan fingerprint density at radius 1 is 1.05 bits per heavy atom. The van der Waals surface area contributed by atoms with Gasteiger partial charge in [0, 0.05) is 22.9 Å². The third-order valence-corrected chi connectivity index (χ3v) is 3.37. The minimum Gasteiger partial charge on any atom is -0.324 e. The molecule has 1 nitrogen and oxygen atoms in total. The average Bonchev–Trinajstić information content (AvgIpc) is 2.36. The Labute approximate surface area is 114 Å². The van der Waals surface area contributed by atoms with Crippen LogP contribution in [0.2, 0.25) is 5.02 Å². The molecular weight excluding hydrogens is 275 g/mol. The summed E-state index contributed by atoms with van der Waals surface area (Å²) in [7, 11) is 0. The van der Waals surface area contributed by atoms with E-state index in [1.165, 1.54) is 0 Å². The van der Waals surface area contributed by atoms with Crippen LogP contribution in [0, 0.1) is 0 Å². The molecule has 1 unspecified atom stereocenters. The highest BCUT2D eigenvalue weighted by molar-refractivity contribution is 6.35. The number of alkyl halides is 3. The van der Waals surface area contributed by atoms with Crippen molar-refractivity contribution < 1.29 is 13.2 Å². The maximum Gasteiger partial charge on any atom is 0.389 e. The van der Waals surface area contributed by atoms with Gasteiger partial charge in [-0.05, 0) is 23.4 Å². The van der Waals surface area contributed by atoms with E-state index in [1.54, 1.807) is 12.1 Å². The number of halogens is 4. The van der Waals surface area contributed by atoms with Gasteiger partial charge in [-0.1, -0.05) is 41.9 Å². The van der Waals surface area contributed by atoms with Gasteiger partial charge in [-0.25, -0.2) is 0 Å². The lowest BCUT2D eigenvalue weighted by Gasteiger charge is -2.16. The number of benzene rings is 2. The zero-order valence-corrected chi connectivity index (χ0v) is 10.8. The summed E-state index contributed by atoms with van der Waals surface area (Å²) in [5.41, 5.74) is 6.57. The minimum absolute atomic E-state index is 0.130. The van der Waals surface area contributed by atoms with Crippen LogP contribution in [0.25, 0.3) is 10.8 Å². The highest BCUT2D eigenvalue weighted by Gasteiger charge is 2.28. The van der Waals surface area contributed by atoms with E-state index in [2.05, 4.69) is 0 Å². The van der Waals surface area contributed by atoms with Crippen LogP contribution in [0.3, 0.4) is 0 Å². The van der Waals surface area contributed by atoms with Crippen molar-refractivity contribution in [2.45, 2.75) is 25.1 Å². The fraction of sp³-hybridized carbons (Fsp3) is 0.286. The molecule has 5 heteroatoms. The summed E-state index contributed by atoms with van der Waals surface area (Å²) in [6.45, 7) is 0. The molecule has 0 bridgehead atoms. The fourth-order valence-electron chi connectivity index (χ4n) is 2.08. The molecule has 2 aromatic rings. The van der Waals surface area contributed by atoms with E-state index in [-0.39, 0.29) is 6.42 Å². The van der Waals surface area contributed by atoms with Crippen LogP contribution in [0.4, 0.5) is 13.2 Å². The van der Waals surface area contributed by atoms with Gasteiger partial charge in [0.2, 0.25) is 0 Å². The smallest absolute Gasteiger partial charge is 0.324 e. The molecule has 0 radical (unpaired) electrons. The molecule has 0 aromatic heterocycles. The molecular formula is C14H13ClF3N. The van der Waals surface area contributed by atoms with Gasteiger partial charge in [-0.15, -0.1) is 0 Å². The molecule has 0 aliphatic carbocycles. The lowest BCUT2D eigenvalue weighted by atomic mass is 9.96. The lowest BCUT2D eigenvalue weighted by Crippen LogP contribution is -2.16. The van der Waals surface area contributed by atoms with E-state index < -0.39 is 18.6 Å². The molecule has 0 aliphatic heterocycles. The van der Waals surface area contributed by atoms with Crippen molar-refractivity contribution in [3.05, 3.63) is 47.0 Å². The first kappa shape index (κ1) is 14.2. The normalized spacial score (nSPS) is 13.7. The van der Waals surface area contributed by atoms with Crippen LogP contribution >= 0.6 is 11.6 Å². The van der Waals surface area contributed by atoms with Crippen molar-refractivity contribution in [3.8, 4) is 0 Å². The monoisotopic (exact) mass is 287 g/mol. The highest BCUT2D eigenvalue weighted by atomic mass is 35.5. The van der Waals surface area contributed by atoms with Gasteiger partial charge < -0.3 is 5.73 Å². The van der Waals surface area contributed by atoms with E-state index in [4.69, 9.17) is 17.3 Å². The predicted molar refractivity (Wildman–Crippen MR) is 71.2 cm³/mol. The number of nitrogens with two attached hydrogens (primary N) is 1. The molecule has 0 heterocycles. The Morgan fingerprint density at radius 3 is 2.32 bits per heavy atom. The molecule has 2 rings (SSSR count). The predicted octanol–water partition coefficient (Wildman–Crippen LogP) is 4.84. The van der Waals surface area contributed by atoms with Crippen LogP contribution in [0.1, 0.15) is 24.4 Å². The summed E-state index contributed by atoms with van der Waals surface area (Å²) in [6.07, 6.45) is -5.19. The third-order valence-electron chi connectivity index (χ3n) is 3.04. The van der Waals surface area contributed by atoms with Crippen molar-refractivity contribution in [3.63, 3.8) is 0 Å². The number of rotatable bonds is 3. The molecule has 0 amide bonds. The Hall–Kier alpha value is -1.26. The minimum atomic E-state index is -4.18. The topological polar surface area (TPSA) is 26.0 Å². The van der Waals surface area contributed by atoms with Crippen LogP contribution in [-0.2, 0) is 0 Å². The van der Waals surface area contributed by atoms with Crippen molar-refractivity contribution in [1.82, 2.24) is 0 Å². The molecule has 0 saturated carbocycles. The molecule has 19 heavy (non-hydrogen) atoms. The summed E-state index contributed by atoms with van der Waals surface area (Å²) in [5.74, 6) is 0.